The molecule has 5 nitrogen and oxygen atoms in total. The molecule has 2 amide bonds. The Labute approximate surface area is 122 Å². The molecule has 1 aromatic rings. The molecule has 2 rings (SSSR count). The molecule has 0 aromatic heterocycles. The van der Waals surface area contributed by atoms with Crippen molar-refractivity contribution in [1.82, 2.24) is 5.32 Å². The number of nitrogens with zero attached hydrogens (tertiary/aromatic N) is 1. The molecule has 0 heterocycles. The summed E-state index contributed by atoms with van der Waals surface area (Å²) in [4.78, 5) is 11.8. The van der Waals surface area contributed by atoms with Crippen LogP contribution in [0, 0.1) is 11.3 Å². The molecule has 0 unspecified atom stereocenters. The third kappa shape index (κ3) is 3.86. The van der Waals surface area contributed by atoms with Gasteiger partial charge in [0.05, 0.1) is 16.7 Å². The highest BCUT2D eigenvalue weighted by molar-refractivity contribution is 6.32. The number of halogens is 1. The summed E-state index contributed by atoms with van der Waals surface area (Å²) in [6.45, 7) is 0. The number of anilines is 1. The molecule has 106 valence electrons. The Morgan fingerprint density at radius 2 is 2.05 bits per heavy atom. The van der Waals surface area contributed by atoms with Gasteiger partial charge in [0.1, 0.15) is 6.07 Å². The number of nitrogens with one attached hydrogen (secondary N) is 2. The molecule has 1 saturated carbocycles. The topological polar surface area (TPSA) is 85.2 Å². The maximum absolute atomic E-state index is 11.8. The van der Waals surface area contributed by atoms with Crippen LogP contribution in [0.2, 0.25) is 5.02 Å². The van der Waals surface area contributed by atoms with Gasteiger partial charge in [-0.15, -0.1) is 0 Å². The van der Waals surface area contributed by atoms with Gasteiger partial charge in [0.15, 0.2) is 0 Å². The van der Waals surface area contributed by atoms with Gasteiger partial charge in [0, 0.05) is 11.7 Å². The quantitative estimate of drug-likeness (QED) is 0.783. The van der Waals surface area contributed by atoms with E-state index in [0.29, 0.717) is 29.1 Å². The van der Waals surface area contributed by atoms with E-state index in [9.17, 15) is 9.90 Å². The number of nitriles is 1. The van der Waals surface area contributed by atoms with Gasteiger partial charge in [-0.3, -0.25) is 0 Å². The van der Waals surface area contributed by atoms with Crippen molar-refractivity contribution in [3.8, 4) is 6.07 Å². The van der Waals surface area contributed by atoms with Crippen molar-refractivity contribution in [1.29, 1.82) is 5.26 Å². The predicted octanol–water partition coefficient (Wildman–Crippen LogP) is 2.64. The van der Waals surface area contributed by atoms with Crippen LogP contribution in [-0.4, -0.2) is 23.3 Å². The van der Waals surface area contributed by atoms with E-state index < -0.39 is 0 Å². The summed E-state index contributed by atoms with van der Waals surface area (Å²) in [7, 11) is 0. The lowest BCUT2D eigenvalue weighted by molar-refractivity contribution is 0.118. The molecule has 0 spiro atoms. The minimum absolute atomic E-state index is 0.0900. The number of hydrogen-bond acceptors (Lipinski definition) is 3. The number of benzene rings is 1. The summed E-state index contributed by atoms with van der Waals surface area (Å²) < 4.78 is 0. The van der Waals surface area contributed by atoms with Crippen molar-refractivity contribution in [2.24, 2.45) is 0 Å². The van der Waals surface area contributed by atoms with E-state index in [4.69, 9.17) is 16.9 Å². The van der Waals surface area contributed by atoms with Crippen molar-refractivity contribution in [2.45, 2.75) is 37.8 Å². The van der Waals surface area contributed by atoms with Crippen molar-refractivity contribution < 1.29 is 9.90 Å². The fourth-order valence-corrected chi connectivity index (χ4v) is 2.48. The minimum Gasteiger partial charge on any atom is -0.393 e. The number of hydrogen-bond donors (Lipinski definition) is 3. The maximum Gasteiger partial charge on any atom is 0.319 e. The minimum atomic E-state index is -0.299. The molecule has 1 aromatic carbocycles. The summed E-state index contributed by atoms with van der Waals surface area (Å²) in [5.41, 5.74) is 0.918. The first-order valence-corrected chi connectivity index (χ1v) is 6.91. The Morgan fingerprint density at radius 3 is 2.65 bits per heavy atom. The third-order valence-electron chi connectivity index (χ3n) is 3.38. The molecular weight excluding hydrogens is 278 g/mol. The van der Waals surface area contributed by atoms with E-state index in [2.05, 4.69) is 10.6 Å². The Hall–Kier alpha value is -1.77. The Kier molecular flexibility index (Phi) is 4.83. The van der Waals surface area contributed by atoms with E-state index in [1.165, 1.54) is 0 Å². The van der Waals surface area contributed by atoms with Gasteiger partial charge >= 0.3 is 6.03 Å². The molecule has 0 saturated heterocycles. The average molecular weight is 294 g/mol. The zero-order chi connectivity index (χ0) is 14.5. The first-order chi connectivity index (χ1) is 9.58. The molecule has 1 aliphatic carbocycles. The van der Waals surface area contributed by atoms with Gasteiger partial charge in [-0.05, 0) is 43.9 Å². The highest BCUT2D eigenvalue weighted by Crippen LogP contribution is 2.21. The first kappa shape index (κ1) is 14.6. The summed E-state index contributed by atoms with van der Waals surface area (Å²) in [6.07, 6.45) is 2.75. The fraction of sp³-hybridized carbons (Fsp3) is 0.429. The highest BCUT2D eigenvalue weighted by Gasteiger charge is 2.20. The van der Waals surface area contributed by atoms with Crippen LogP contribution in [0.15, 0.2) is 18.2 Å². The zero-order valence-corrected chi connectivity index (χ0v) is 11.7. The molecule has 0 radical (unpaired) electrons. The van der Waals surface area contributed by atoms with E-state index >= 15 is 0 Å². The van der Waals surface area contributed by atoms with Gasteiger partial charge in [-0.1, -0.05) is 11.6 Å². The zero-order valence-electron chi connectivity index (χ0n) is 10.9. The van der Waals surface area contributed by atoms with Crippen LogP contribution < -0.4 is 10.6 Å². The van der Waals surface area contributed by atoms with Crippen LogP contribution in [0.3, 0.4) is 0 Å². The first-order valence-electron chi connectivity index (χ1n) is 6.53. The van der Waals surface area contributed by atoms with E-state index in [1.807, 2.05) is 6.07 Å². The monoisotopic (exact) mass is 293 g/mol. The van der Waals surface area contributed by atoms with Gasteiger partial charge < -0.3 is 15.7 Å². The lowest BCUT2D eigenvalue weighted by Crippen LogP contribution is -2.40. The Bertz CT molecular complexity index is 534. The number of carbonyl (C=O) groups excluding carboxylic acids is 1. The summed E-state index contributed by atoms with van der Waals surface area (Å²) in [5, 5.41) is 24.0. The predicted molar refractivity (Wildman–Crippen MR) is 76.6 cm³/mol. The number of carbonyl (C=O) groups is 1. The third-order valence-corrected chi connectivity index (χ3v) is 3.69. The Morgan fingerprint density at radius 1 is 1.35 bits per heavy atom. The van der Waals surface area contributed by atoms with E-state index in [-0.39, 0.29) is 18.2 Å². The number of aliphatic hydroxyl groups is 1. The second-order valence-corrected chi connectivity index (χ2v) is 5.32. The lowest BCUT2D eigenvalue weighted by Gasteiger charge is -2.26. The number of amides is 2. The highest BCUT2D eigenvalue weighted by atomic mass is 35.5. The van der Waals surface area contributed by atoms with Crippen molar-refractivity contribution >= 4 is 23.3 Å². The van der Waals surface area contributed by atoms with Crippen LogP contribution in [0.5, 0.6) is 0 Å². The fourth-order valence-electron chi connectivity index (χ4n) is 2.26. The van der Waals surface area contributed by atoms with Crippen molar-refractivity contribution in [3.63, 3.8) is 0 Å². The van der Waals surface area contributed by atoms with Crippen molar-refractivity contribution in [2.75, 3.05) is 5.32 Å². The van der Waals surface area contributed by atoms with Crippen LogP contribution in [0.4, 0.5) is 10.5 Å². The van der Waals surface area contributed by atoms with Gasteiger partial charge in [-0.25, -0.2) is 4.79 Å². The number of rotatable bonds is 2. The summed E-state index contributed by atoms with van der Waals surface area (Å²) in [6, 6.07) is 6.50. The smallest absolute Gasteiger partial charge is 0.319 e. The maximum atomic E-state index is 11.8. The molecule has 6 heteroatoms. The molecule has 0 bridgehead atoms. The van der Waals surface area contributed by atoms with Crippen molar-refractivity contribution in [3.05, 3.63) is 28.8 Å². The molecular formula is C14H16ClN3O2. The average Bonchev–Trinajstić information content (AvgIpc) is 2.41. The second kappa shape index (κ2) is 6.60. The Balaban J connectivity index is 1.88. The summed E-state index contributed by atoms with van der Waals surface area (Å²) >= 11 is 5.90. The van der Waals surface area contributed by atoms with Gasteiger partial charge in [0.25, 0.3) is 0 Å². The molecule has 1 aliphatic rings. The standard InChI is InChI=1S/C14H16ClN3O2/c15-13-7-11(2-1-9(13)8-16)18-14(20)17-10-3-5-12(19)6-4-10/h1-2,7,10,12,19H,3-6H2,(H2,17,18,20). The van der Waals surface area contributed by atoms with E-state index in [0.717, 1.165) is 12.8 Å². The van der Waals surface area contributed by atoms with Crippen LogP contribution in [0.25, 0.3) is 0 Å². The number of urea groups is 1. The molecule has 0 atom stereocenters. The normalized spacial score (nSPS) is 21.9. The summed E-state index contributed by atoms with van der Waals surface area (Å²) in [5.74, 6) is 0. The lowest BCUT2D eigenvalue weighted by atomic mass is 9.93. The molecule has 3 N–H and O–H groups in total. The SMILES string of the molecule is N#Cc1ccc(NC(=O)NC2CCC(O)CC2)cc1Cl. The molecule has 20 heavy (non-hydrogen) atoms. The van der Waals surface area contributed by atoms with Gasteiger partial charge in [-0.2, -0.15) is 5.26 Å². The molecule has 0 aliphatic heterocycles. The molecule has 1 fully saturated rings. The number of aliphatic hydroxyl groups excluding tert-OH is 1. The van der Waals surface area contributed by atoms with Crippen LogP contribution >= 0.6 is 11.6 Å². The largest absolute Gasteiger partial charge is 0.393 e. The second-order valence-electron chi connectivity index (χ2n) is 4.91. The van der Waals surface area contributed by atoms with E-state index in [1.54, 1.807) is 18.2 Å². The van der Waals surface area contributed by atoms with Crippen LogP contribution in [0.1, 0.15) is 31.2 Å². The van der Waals surface area contributed by atoms with Gasteiger partial charge in [0.2, 0.25) is 0 Å². The van der Waals surface area contributed by atoms with Crippen LogP contribution in [-0.2, 0) is 0 Å².